The molecule has 82 valence electrons. The van der Waals surface area contributed by atoms with Crippen molar-refractivity contribution in [1.29, 1.82) is 0 Å². The molecule has 0 saturated carbocycles. The lowest BCUT2D eigenvalue weighted by atomic mass is 9.97. The van der Waals surface area contributed by atoms with Crippen LogP contribution in [-0.4, -0.2) is 13.1 Å². The van der Waals surface area contributed by atoms with Gasteiger partial charge in [0.15, 0.2) is 0 Å². The SMILES string of the molecule is COC(=O)CC(C)Cc1ccccc1N. The highest BCUT2D eigenvalue weighted by atomic mass is 16.5. The van der Waals surface area contributed by atoms with Crippen LogP contribution in [0.4, 0.5) is 5.69 Å². The van der Waals surface area contributed by atoms with Gasteiger partial charge in [0.05, 0.1) is 7.11 Å². The molecule has 0 fully saturated rings. The highest BCUT2D eigenvalue weighted by Crippen LogP contribution is 2.17. The van der Waals surface area contributed by atoms with Gasteiger partial charge in [-0.1, -0.05) is 25.1 Å². The van der Waals surface area contributed by atoms with Crippen LogP contribution < -0.4 is 5.73 Å². The maximum atomic E-state index is 11.0. The van der Waals surface area contributed by atoms with Gasteiger partial charge in [-0.25, -0.2) is 0 Å². The molecule has 0 spiro atoms. The summed E-state index contributed by atoms with van der Waals surface area (Å²) >= 11 is 0. The number of hydrogen-bond acceptors (Lipinski definition) is 3. The normalized spacial score (nSPS) is 12.1. The van der Waals surface area contributed by atoms with Crippen molar-refractivity contribution in [2.24, 2.45) is 5.92 Å². The molecule has 0 aliphatic carbocycles. The van der Waals surface area contributed by atoms with Gasteiger partial charge < -0.3 is 10.5 Å². The molecule has 0 aromatic heterocycles. The van der Waals surface area contributed by atoms with Crippen molar-refractivity contribution in [3.05, 3.63) is 29.8 Å². The molecule has 0 radical (unpaired) electrons. The van der Waals surface area contributed by atoms with Crippen molar-refractivity contribution in [1.82, 2.24) is 0 Å². The Hall–Kier alpha value is -1.51. The fraction of sp³-hybridized carbons (Fsp3) is 0.417. The summed E-state index contributed by atoms with van der Waals surface area (Å²) in [6.45, 7) is 2.02. The van der Waals surface area contributed by atoms with Crippen molar-refractivity contribution < 1.29 is 9.53 Å². The minimum absolute atomic E-state index is 0.169. The third-order valence-electron chi connectivity index (χ3n) is 2.37. The zero-order valence-electron chi connectivity index (χ0n) is 9.19. The van der Waals surface area contributed by atoms with E-state index in [1.54, 1.807) is 0 Å². The highest BCUT2D eigenvalue weighted by Gasteiger charge is 2.10. The van der Waals surface area contributed by atoms with Gasteiger partial charge >= 0.3 is 5.97 Å². The third-order valence-corrected chi connectivity index (χ3v) is 2.37. The van der Waals surface area contributed by atoms with Crippen molar-refractivity contribution in [3.8, 4) is 0 Å². The second-order valence-electron chi connectivity index (χ2n) is 3.79. The minimum atomic E-state index is -0.169. The quantitative estimate of drug-likeness (QED) is 0.607. The monoisotopic (exact) mass is 207 g/mol. The fourth-order valence-corrected chi connectivity index (χ4v) is 1.54. The smallest absolute Gasteiger partial charge is 0.305 e. The van der Waals surface area contributed by atoms with Crippen LogP contribution in [0.3, 0.4) is 0 Å². The Kier molecular flexibility index (Phi) is 4.16. The molecule has 1 unspecified atom stereocenters. The molecule has 2 N–H and O–H groups in total. The Balaban J connectivity index is 2.55. The summed E-state index contributed by atoms with van der Waals surface area (Å²) in [5.74, 6) is 0.0825. The number of para-hydroxylation sites is 1. The van der Waals surface area contributed by atoms with Crippen LogP contribution in [0.5, 0.6) is 0 Å². The summed E-state index contributed by atoms with van der Waals surface area (Å²) in [5.41, 5.74) is 7.69. The van der Waals surface area contributed by atoms with E-state index < -0.39 is 0 Å². The van der Waals surface area contributed by atoms with Gasteiger partial charge in [-0.2, -0.15) is 0 Å². The van der Waals surface area contributed by atoms with E-state index in [4.69, 9.17) is 5.73 Å². The maximum absolute atomic E-state index is 11.0. The molecule has 0 saturated heterocycles. The van der Waals surface area contributed by atoms with Gasteiger partial charge in [-0.05, 0) is 24.0 Å². The molecule has 1 rings (SSSR count). The molecule has 15 heavy (non-hydrogen) atoms. The molecule has 1 aromatic rings. The Morgan fingerprint density at radius 1 is 1.47 bits per heavy atom. The topological polar surface area (TPSA) is 52.3 Å². The number of methoxy groups -OCH3 is 1. The van der Waals surface area contributed by atoms with Crippen molar-refractivity contribution in [2.75, 3.05) is 12.8 Å². The van der Waals surface area contributed by atoms with Gasteiger partial charge in [0.2, 0.25) is 0 Å². The van der Waals surface area contributed by atoms with E-state index in [2.05, 4.69) is 4.74 Å². The Morgan fingerprint density at radius 2 is 2.13 bits per heavy atom. The number of nitrogens with two attached hydrogens (primary N) is 1. The molecular formula is C12H17NO2. The number of carbonyl (C=O) groups is 1. The first-order valence-corrected chi connectivity index (χ1v) is 5.03. The van der Waals surface area contributed by atoms with E-state index in [1.807, 2.05) is 31.2 Å². The van der Waals surface area contributed by atoms with Crippen molar-refractivity contribution in [2.45, 2.75) is 19.8 Å². The second kappa shape index (κ2) is 5.39. The predicted molar refractivity (Wildman–Crippen MR) is 60.4 cm³/mol. The first-order chi connectivity index (χ1) is 7.13. The van der Waals surface area contributed by atoms with Crippen LogP contribution in [0.1, 0.15) is 18.9 Å². The highest BCUT2D eigenvalue weighted by molar-refractivity contribution is 5.69. The molecular weight excluding hydrogens is 190 g/mol. The van der Waals surface area contributed by atoms with Gasteiger partial charge in [0.25, 0.3) is 0 Å². The Bertz CT molecular complexity index is 336. The van der Waals surface area contributed by atoms with Gasteiger partial charge in [-0.3, -0.25) is 4.79 Å². The first-order valence-electron chi connectivity index (χ1n) is 5.03. The van der Waals surface area contributed by atoms with E-state index in [9.17, 15) is 4.79 Å². The summed E-state index contributed by atoms with van der Waals surface area (Å²) < 4.78 is 4.62. The molecule has 3 nitrogen and oxygen atoms in total. The zero-order chi connectivity index (χ0) is 11.3. The van der Waals surface area contributed by atoms with Gasteiger partial charge in [0.1, 0.15) is 0 Å². The summed E-state index contributed by atoms with van der Waals surface area (Å²) in [6.07, 6.45) is 1.24. The maximum Gasteiger partial charge on any atom is 0.305 e. The minimum Gasteiger partial charge on any atom is -0.469 e. The van der Waals surface area contributed by atoms with Crippen LogP contribution in [-0.2, 0) is 16.0 Å². The number of benzene rings is 1. The standard InChI is InChI=1S/C12H17NO2/c1-9(8-12(14)15-2)7-10-5-3-4-6-11(10)13/h3-6,9H,7-8,13H2,1-2H3. The largest absolute Gasteiger partial charge is 0.469 e. The lowest BCUT2D eigenvalue weighted by Gasteiger charge is -2.11. The summed E-state index contributed by atoms with van der Waals surface area (Å²) in [6, 6.07) is 7.73. The van der Waals surface area contributed by atoms with Crippen molar-refractivity contribution >= 4 is 11.7 Å². The lowest BCUT2D eigenvalue weighted by Crippen LogP contribution is -2.10. The third kappa shape index (κ3) is 3.62. The number of nitrogen functional groups attached to an aromatic ring is 1. The van der Waals surface area contributed by atoms with E-state index in [0.717, 1.165) is 17.7 Å². The summed E-state index contributed by atoms with van der Waals surface area (Å²) in [4.78, 5) is 11.0. The lowest BCUT2D eigenvalue weighted by molar-refractivity contribution is -0.141. The predicted octanol–water partition coefficient (Wildman–Crippen LogP) is 2.01. The average molecular weight is 207 g/mol. The van der Waals surface area contributed by atoms with E-state index in [0.29, 0.717) is 6.42 Å². The van der Waals surface area contributed by atoms with Gasteiger partial charge in [-0.15, -0.1) is 0 Å². The zero-order valence-corrected chi connectivity index (χ0v) is 9.19. The summed E-state index contributed by atoms with van der Waals surface area (Å²) in [5, 5.41) is 0. The van der Waals surface area contributed by atoms with E-state index in [-0.39, 0.29) is 11.9 Å². The van der Waals surface area contributed by atoms with Crippen LogP contribution in [0.2, 0.25) is 0 Å². The molecule has 1 atom stereocenters. The molecule has 1 aromatic carbocycles. The van der Waals surface area contributed by atoms with Crippen LogP contribution in [0.15, 0.2) is 24.3 Å². The van der Waals surface area contributed by atoms with Crippen LogP contribution in [0.25, 0.3) is 0 Å². The second-order valence-corrected chi connectivity index (χ2v) is 3.79. The first kappa shape index (κ1) is 11.6. The number of hydrogen-bond donors (Lipinski definition) is 1. The van der Waals surface area contributed by atoms with Gasteiger partial charge in [0, 0.05) is 12.1 Å². The van der Waals surface area contributed by atoms with E-state index in [1.165, 1.54) is 7.11 Å². The molecule has 0 aliphatic rings. The number of ether oxygens (including phenoxy) is 1. The number of esters is 1. The Labute approximate surface area is 90.2 Å². The van der Waals surface area contributed by atoms with Crippen molar-refractivity contribution in [3.63, 3.8) is 0 Å². The number of rotatable bonds is 4. The molecule has 0 aliphatic heterocycles. The van der Waals surface area contributed by atoms with Crippen LogP contribution in [0, 0.1) is 5.92 Å². The number of carbonyl (C=O) groups excluding carboxylic acids is 1. The molecule has 0 heterocycles. The fourth-order valence-electron chi connectivity index (χ4n) is 1.54. The van der Waals surface area contributed by atoms with E-state index >= 15 is 0 Å². The number of anilines is 1. The summed E-state index contributed by atoms with van der Waals surface area (Å²) in [7, 11) is 1.41. The molecule has 0 amide bonds. The average Bonchev–Trinajstić information content (AvgIpc) is 2.21. The van der Waals surface area contributed by atoms with Crippen LogP contribution >= 0.6 is 0 Å². The molecule has 3 heteroatoms. The molecule has 0 bridgehead atoms. The Morgan fingerprint density at radius 3 is 2.73 bits per heavy atom.